The standard InChI is InChI=1S/C16H24N4O6S/c1-7-25-11(21)10(20-24-6)9-8-27-14(18-9)19-12(22)16(5,17)13(23)26-15(2,3)4/h8H,7,17H2,1-6H3,(H,18,19,22)/b20-10-/t16-/m0/s1. The first-order valence-electron chi connectivity index (χ1n) is 8.00. The minimum atomic E-state index is -1.93. The molecular formula is C16H24N4O6S. The average molecular weight is 400 g/mol. The van der Waals surface area contributed by atoms with E-state index >= 15 is 0 Å². The number of aromatic nitrogens is 1. The summed E-state index contributed by atoms with van der Waals surface area (Å²) in [5, 5.41) is 7.62. The number of nitrogens with zero attached hydrogens (tertiary/aromatic N) is 2. The molecule has 150 valence electrons. The molecule has 0 aliphatic heterocycles. The number of esters is 2. The van der Waals surface area contributed by atoms with Crippen LogP contribution in [0.1, 0.15) is 40.3 Å². The summed E-state index contributed by atoms with van der Waals surface area (Å²) in [5.41, 5.74) is 3.10. The van der Waals surface area contributed by atoms with Crippen LogP contribution in [0.25, 0.3) is 0 Å². The number of hydrogen-bond donors (Lipinski definition) is 2. The first-order chi connectivity index (χ1) is 12.4. The van der Waals surface area contributed by atoms with Crippen molar-refractivity contribution in [2.45, 2.75) is 45.8 Å². The van der Waals surface area contributed by atoms with Crippen LogP contribution in [0.5, 0.6) is 0 Å². The Balaban J connectivity index is 2.95. The number of nitrogens with one attached hydrogen (secondary N) is 1. The zero-order chi connectivity index (χ0) is 20.8. The smallest absolute Gasteiger partial charge is 0.362 e. The molecule has 0 unspecified atom stereocenters. The highest BCUT2D eigenvalue weighted by Gasteiger charge is 2.41. The maximum Gasteiger partial charge on any atom is 0.362 e. The van der Waals surface area contributed by atoms with E-state index in [1.165, 1.54) is 19.4 Å². The van der Waals surface area contributed by atoms with Gasteiger partial charge in [0.15, 0.2) is 10.7 Å². The van der Waals surface area contributed by atoms with Crippen LogP contribution in [0.3, 0.4) is 0 Å². The summed E-state index contributed by atoms with van der Waals surface area (Å²) >= 11 is 1.01. The van der Waals surface area contributed by atoms with Gasteiger partial charge in [0.2, 0.25) is 5.71 Å². The molecule has 0 saturated heterocycles. The number of carbonyl (C=O) groups excluding carboxylic acids is 3. The Bertz CT molecular complexity index is 736. The van der Waals surface area contributed by atoms with Gasteiger partial charge in [0.25, 0.3) is 5.91 Å². The van der Waals surface area contributed by atoms with Gasteiger partial charge < -0.3 is 20.0 Å². The van der Waals surface area contributed by atoms with Crippen molar-refractivity contribution in [3.05, 3.63) is 11.1 Å². The SMILES string of the molecule is CCOC(=O)/C(=N\OC)c1csc(NC(=O)[C@](C)(N)C(=O)OC(C)(C)C)n1. The molecule has 1 atom stereocenters. The fourth-order valence-corrected chi connectivity index (χ4v) is 2.31. The minimum absolute atomic E-state index is 0.114. The van der Waals surface area contributed by atoms with Crippen LogP contribution in [0.15, 0.2) is 10.5 Å². The van der Waals surface area contributed by atoms with Gasteiger partial charge >= 0.3 is 11.9 Å². The molecule has 0 aromatic carbocycles. The molecule has 0 fully saturated rings. The maximum absolute atomic E-state index is 12.4. The summed E-state index contributed by atoms with van der Waals surface area (Å²) < 4.78 is 10.0. The molecule has 0 saturated carbocycles. The summed E-state index contributed by atoms with van der Waals surface area (Å²) in [6.45, 7) is 8.03. The molecule has 0 spiro atoms. The van der Waals surface area contributed by atoms with Gasteiger partial charge in [-0.2, -0.15) is 0 Å². The normalized spacial score (nSPS) is 14.1. The quantitative estimate of drug-likeness (QED) is 0.299. The van der Waals surface area contributed by atoms with Crippen molar-refractivity contribution in [3.8, 4) is 0 Å². The number of nitrogens with two attached hydrogens (primary N) is 1. The van der Waals surface area contributed by atoms with Gasteiger partial charge in [-0.25, -0.2) is 14.6 Å². The van der Waals surface area contributed by atoms with Crippen molar-refractivity contribution in [1.29, 1.82) is 0 Å². The number of ether oxygens (including phenoxy) is 2. The Kier molecular flexibility index (Phi) is 7.43. The van der Waals surface area contributed by atoms with Crippen LogP contribution >= 0.6 is 11.3 Å². The van der Waals surface area contributed by atoms with E-state index in [1.807, 2.05) is 0 Å². The van der Waals surface area contributed by atoms with E-state index < -0.39 is 29.0 Å². The first-order valence-corrected chi connectivity index (χ1v) is 8.88. The molecule has 0 aliphatic carbocycles. The Hall–Kier alpha value is -2.53. The van der Waals surface area contributed by atoms with Crippen molar-refractivity contribution >= 4 is 40.0 Å². The summed E-state index contributed by atoms with van der Waals surface area (Å²) in [4.78, 5) is 45.2. The van der Waals surface area contributed by atoms with E-state index in [-0.39, 0.29) is 23.1 Å². The van der Waals surface area contributed by atoms with E-state index in [2.05, 4.69) is 20.3 Å². The topological polar surface area (TPSA) is 142 Å². The second-order valence-electron chi connectivity index (χ2n) is 6.54. The van der Waals surface area contributed by atoms with Gasteiger partial charge in [-0.05, 0) is 34.6 Å². The third-order valence-electron chi connectivity index (χ3n) is 2.91. The highest BCUT2D eigenvalue weighted by molar-refractivity contribution is 7.14. The van der Waals surface area contributed by atoms with Gasteiger partial charge in [0.1, 0.15) is 18.4 Å². The van der Waals surface area contributed by atoms with Crippen molar-refractivity contribution < 1.29 is 28.7 Å². The third-order valence-corrected chi connectivity index (χ3v) is 3.67. The summed E-state index contributed by atoms with van der Waals surface area (Å²) in [5.74, 6) is -2.41. The highest BCUT2D eigenvalue weighted by Crippen LogP contribution is 2.19. The molecule has 1 aromatic heterocycles. The Morgan fingerprint density at radius 3 is 2.44 bits per heavy atom. The number of anilines is 1. The second-order valence-corrected chi connectivity index (χ2v) is 7.40. The fourth-order valence-electron chi connectivity index (χ4n) is 1.62. The molecular weight excluding hydrogens is 376 g/mol. The van der Waals surface area contributed by atoms with E-state index in [9.17, 15) is 14.4 Å². The van der Waals surface area contributed by atoms with Gasteiger partial charge in [-0.1, -0.05) is 5.16 Å². The number of rotatable bonds is 7. The van der Waals surface area contributed by atoms with Crippen molar-refractivity contribution in [1.82, 2.24) is 4.98 Å². The minimum Gasteiger partial charge on any atom is -0.461 e. The highest BCUT2D eigenvalue weighted by atomic mass is 32.1. The Labute approximate surface area is 161 Å². The fraction of sp³-hybridized carbons (Fsp3) is 0.562. The van der Waals surface area contributed by atoms with Gasteiger partial charge in [-0.3, -0.25) is 10.1 Å². The van der Waals surface area contributed by atoms with Crippen LogP contribution in [-0.2, 0) is 28.7 Å². The van der Waals surface area contributed by atoms with Gasteiger partial charge in [-0.15, -0.1) is 11.3 Å². The molecule has 10 nitrogen and oxygen atoms in total. The van der Waals surface area contributed by atoms with Crippen LogP contribution < -0.4 is 11.1 Å². The molecule has 1 aromatic rings. The van der Waals surface area contributed by atoms with Gasteiger partial charge in [0, 0.05) is 5.38 Å². The third kappa shape index (κ3) is 6.29. The van der Waals surface area contributed by atoms with Crippen molar-refractivity contribution in [2.24, 2.45) is 10.9 Å². The number of carbonyl (C=O) groups is 3. The summed E-state index contributed by atoms with van der Waals surface area (Å²) in [6.07, 6.45) is 0. The van der Waals surface area contributed by atoms with E-state index in [4.69, 9.17) is 15.2 Å². The largest absolute Gasteiger partial charge is 0.461 e. The van der Waals surface area contributed by atoms with Crippen LogP contribution in [-0.4, -0.2) is 53.4 Å². The first kappa shape index (κ1) is 22.5. The molecule has 0 aliphatic rings. The van der Waals surface area contributed by atoms with Gasteiger partial charge in [0.05, 0.1) is 6.61 Å². The summed E-state index contributed by atoms with van der Waals surface area (Å²) in [6, 6.07) is 0. The number of amides is 1. The number of oxime groups is 1. The van der Waals surface area contributed by atoms with Crippen molar-refractivity contribution in [3.63, 3.8) is 0 Å². The molecule has 0 radical (unpaired) electrons. The predicted octanol–water partition coefficient (Wildman–Crippen LogP) is 1.05. The van der Waals surface area contributed by atoms with Crippen LogP contribution in [0, 0.1) is 0 Å². The lowest BCUT2D eigenvalue weighted by atomic mass is 10.0. The molecule has 11 heteroatoms. The summed E-state index contributed by atoms with van der Waals surface area (Å²) in [7, 11) is 1.27. The Morgan fingerprint density at radius 2 is 1.93 bits per heavy atom. The number of hydrogen-bond acceptors (Lipinski definition) is 10. The van der Waals surface area contributed by atoms with Crippen molar-refractivity contribution in [2.75, 3.05) is 19.0 Å². The van der Waals surface area contributed by atoms with E-state index in [0.29, 0.717) is 0 Å². The Morgan fingerprint density at radius 1 is 1.30 bits per heavy atom. The lowest BCUT2D eigenvalue weighted by molar-refractivity contribution is -0.162. The second kappa shape index (κ2) is 8.91. The average Bonchev–Trinajstić information content (AvgIpc) is 2.99. The van der Waals surface area contributed by atoms with E-state index in [1.54, 1.807) is 27.7 Å². The van der Waals surface area contributed by atoms with Crippen LogP contribution in [0.2, 0.25) is 0 Å². The zero-order valence-corrected chi connectivity index (χ0v) is 16.9. The molecule has 1 amide bonds. The maximum atomic E-state index is 12.4. The lowest BCUT2D eigenvalue weighted by Gasteiger charge is -2.27. The monoisotopic (exact) mass is 400 g/mol. The molecule has 3 N–H and O–H groups in total. The lowest BCUT2D eigenvalue weighted by Crippen LogP contribution is -2.57. The molecule has 27 heavy (non-hydrogen) atoms. The molecule has 1 rings (SSSR count). The van der Waals surface area contributed by atoms with Crippen LogP contribution in [0.4, 0.5) is 5.13 Å². The molecule has 0 bridgehead atoms. The predicted molar refractivity (Wildman–Crippen MR) is 99.4 cm³/mol. The number of thiazole rings is 1. The molecule has 1 heterocycles. The zero-order valence-electron chi connectivity index (χ0n) is 16.1. The van der Waals surface area contributed by atoms with E-state index in [0.717, 1.165) is 11.3 Å².